The molecule has 4 saturated carbocycles. The zero-order chi connectivity index (χ0) is 65.5. The molecular weight excluding hydrogens is 1230 g/mol. The van der Waals surface area contributed by atoms with Crippen LogP contribution < -0.4 is 25.6 Å². The molecule has 7 aromatic rings. The predicted octanol–water partition coefficient (Wildman–Crippen LogP) is 11.6. The molecule has 5 fully saturated rings. The van der Waals surface area contributed by atoms with Gasteiger partial charge < -0.3 is 30.1 Å². The first-order chi connectivity index (χ1) is 44.5. The van der Waals surface area contributed by atoms with Gasteiger partial charge in [0.05, 0.1) is 44.2 Å². The van der Waals surface area contributed by atoms with Crippen LogP contribution in [0.4, 0.5) is 10.9 Å². The van der Waals surface area contributed by atoms with Gasteiger partial charge in [-0.05, 0) is 166 Å². The monoisotopic (exact) mass is 1310 g/mol. The number of carbonyl (C=O) groups is 5. The molecule has 488 valence electrons. The minimum absolute atomic E-state index is 0.0477. The number of aliphatic hydroxyl groups excluding tert-OH is 1. The second-order valence-corrected chi connectivity index (χ2v) is 31.6. The SMILES string of the molecule is Cc1ncsc1-c1ccc([C@H](C)NC(=O)[C@@H]2C[C@@H](O)CN2C(=O)[C@@H](NC(=O)CCCCCCCS(=O)(=O)NC(=O)c2nc(N3CCc4cccc(C(=O)Nc5nc6ccccc6s5)c4C3)ccc2-c2cc(C#N)n(CC34CC5CC(CC(C5)C3)C4)c2C)C(C)(C)C)cc1. The molecule has 4 atom stereocenters. The van der Waals surface area contributed by atoms with Crippen molar-refractivity contribution >= 4 is 83.4 Å². The van der Waals surface area contributed by atoms with Crippen LogP contribution in [0.3, 0.4) is 0 Å². The number of nitriles is 1. The Morgan fingerprint density at radius 1 is 0.839 bits per heavy atom. The predicted molar refractivity (Wildman–Crippen MR) is 362 cm³/mol. The topological polar surface area (TPSA) is 262 Å². The van der Waals surface area contributed by atoms with E-state index in [1.54, 1.807) is 23.5 Å². The Morgan fingerprint density at radius 3 is 2.26 bits per heavy atom. The van der Waals surface area contributed by atoms with Gasteiger partial charge in [0.2, 0.25) is 27.7 Å². The summed E-state index contributed by atoms with van der Waals surface area (Å²) in [6, 6.07) is 26.9. The number of hydrogen-bond acceptors (Lipinski definition) is 15. The van der Waals surface area contributed by atoms with E-state index < -0.39 is 51.3 Å². The fraction of sp³-hybridized carbons (Fsp3) is 0.479. The highest BCUT2D eigenvalue weighted by molar-refractivity contribution is 7.90. The minimum atomic E-state index is -4.20. The number of nitrogens with one attached hydrogen (secondary N) is 4. The summed E-state index contributed by atoms with van der Waals surface area (Å²) in [6.07, 6.45) is 9.57. The number of carbonyl (C=O) groups excluding carboxylic acids is 5. The third-order valence-corrected chi connectivity index (χ3v) is 23.3. The van der Waals surface area contributed by atoms with Gasteiger partial charge in [0.1, 0.15) is 35.4 Å². The summed E-state index contributed by atoms with van der Waals surface area (Å²) in [7, 11) is -4.20. The molecule has 5 N–H and O–H groups in total. The molecule has 4 aromatic heterocycles. The van der Waals surface area contributed by atoms with Crippen molar-refractivity contribution in [2.24, 2.45) is 28.6 Å². The van der Waals surface area contributed by atoms with Crippen molar-refractivity contribution in [1.29, 1.82) is 5.26 Å². The highest BCUT2D eigenvalue weighted by atomic mass is 32.2. The number of pyridine rings is 1. The van der Waals surface area contributed by atoms with Crippen molar-refractivity contribution in [2.75, 3.05) is 29.1 Å². The maximum atomic E-state index is 14.7. The number of aryl methyl sites for hydroxylation is 1. The molecule has 2 aliphatic heterocycles. The van der Waals surface area contributed by atoms with Gasteiger partial charge in [-0.15, -0.1) is 11.3 Å². The molecule has 0 unspecified atom stereocenters. The molecule has 4 bridgehead atoms. The van der Waals surface area contributed by atoms with Crippen molar-refractivity contribution in [3.8, 4) is 27.6 Å². The van der Waals surface area contributed by atoms with Crippen LogP contribution in [0.5, 0.6) is 0 Å². The number of anilines is 2. The zero-order valence-corrected chi connectivity index (χ0v) is 56.2. The summed E-state index contributed by atoms with van der Waals surface area (Å²) < 4.78 is 33.3. The molecule has 22 heteroatoms. The second-order valence-electron chi connectivity index (χ2n) is 27.9. The first-order valence-corrected chi connectivity index (χ1v) is 36.1. The van der Waals surface area contributed by atoms with Gasteiger partial charge in [0.25, 0.3) is 11.8 Å². The number of amides is 5. The standard InChI is InChI=1S/C71H83N11O8S3/c1-42(48-20-22-50(23-21-48)63-43(2)73-41-91-63)74-66(86)58-33-52(83)38-81(58)68(88)64(70(4,5)6)77-61(84)19-10-8-7-9-13-28-93(89,90)79-67(87)62-53(55-32-51(37-72)82(44(55)3)40-71-34-45-29-46(35-71)31-47(30-45)36-71)24-25-60(76-62)80-27-26-49-15-14-16-54(56(49)39-80)65(85)78-69-75-57-17-11-12-18-59(57)92-69/h11-12,14-18,20-25,32,41-42,45-47,52,58,64,83H,7-10,13,19,26-31,33-36,38-40H2,1-6H3,(H,74,86)(H,77,84)(H,79,87)(H,75,78,85)/t42-,45?,46?,47?,52+,58-,64+,71?/m0/s1. The Bertz CT molecular complexity index is 4090. The van der Waals surface area contributed by atoms with Gasteiger partial charge >= 0.3 is 0 Å². The molecule has 93 heavy (non-hydrogen) atoms. The molecule has 13 rings (SSSR count). The number of unbranched alkanes of at least 4 members (excludes halogenated alkanes) is 4. The molecule has 0 radical (unpaired) electrons. The van der Waals surface area contributed by atoms with E-state index in [1.807, 2.05) is 125 Å². The minimum Gasteiger partial charge on any atom is -0.391 e. The molecule has 19 nitrogen and oxygen atoms in total. The Hall–Kier alpha value is -7.84. The van der Waals surface area contributed by atoms with E-state index in [2.05, 4.69) is 41.3 Å². The number of hydrogen-bond donors (Lipinski definition) is 5. The van der Waals surface area contributed by atoms with E-state index in [0.29, 0.717) is 103 Å². The highest BCUT2D eigenvalue weighted by Crippen LogP contribution is 2.61. The number of thiazole rings is 2. The average Bonchev–Trinajstić information content (AvgIpc) is 1.71. The van der Waals surface area contributed by atoms with Crippen LogP contribution in [0.15, 0.2) is 90.4 Å². The van der Waals surface area contributed by atoms with Gasteiger partial charge in [-0.2, -0.15) is 5.26 Å². The summed E-state index contributed by atoms with van der Waals surface area (Å²) in [5, 5.41) is 30.9. The number of β-amino-alcohol motifs (C(OH)–C–C–N with tert-alkyl or cyclic N) is 1. The quantitative estimate of drug-likeness (QED) is 0.0396. The molecule has 6 heterocycles. The summed E-state index contributed by atoms with van der Waals surface area (Å²) in [4.78, 5) is 88.9. The van der Waals surface area contributed by atoms with Crippen LogP contribution in [0.1, 0.15) is 172 Å². The number of nitrogens with zero attached hydrogens (tertiary/aromatic N) is 7. The molecule has 5 amide bonds. The number of para-hydroxylation sites is 1. The first-order valence-electron chi connectivity index (χ1n) is 32.8. The summed E-state index contributed by atoms with van der Waals surface area (Å²) in [6.45, 7) is 12.8. The normalized spacial score (nSPS) is 21.5. The lowest BCUT2D eigenvalue weighted by atomic mass is 9.49. The number of aromatic nitrogens is 4. The van der Waals surface area contributed by atoms with Crippen LogP contribution in [-0.2, 0) is 43.9 Å². The summed E-state index contributed by atoms with van der Waals surface area (Å²) in [5.74, 6) is -0.131. The first kappa shape index (κ1) is 65.2. The lowest BCUT2D eigenvalue weighted by molar-refractivity contribution is -0.144. The zero-order valence-electron chi connectivity index (χ0n) is 53.8. The Balaban J connectivity index is 0.678. The molecule has 0 spiro atoms. The fourth-order valence-corrected chi connectivity index (χ4v) is 18.5. The molecule has 6 aliphatic rings. The second kappa shape index (κ2) is 26.9. The average molecular weight is 1310 g/mol. The van der Waals surface area contributed by atoms with Gasteiger partial charge in [-0.1, -0.05) is 99.9 Å². The Labute approximate surface area is 552 Å². The van der Waals surface area contributed by atoms with E-state index in [-0.39, 0.29) is 60.5 Å². The van der Waals surface area contributed by atoms with Gasteiger partial charge in [-0.25, -0.2) is 28.1 Å². The van der Waals surface area contributed by atoms with Crippen LogP contribution in [0.2, 0.25) is 0 Å². The summed E-state index contributed by atoms with van der Waals surface area (Å²) in [5.41, 5.74) is 9.39. The van der Waals surface area contributed by atoms with Crippen LogP contribution in [-0.4, -0.2) is 105 Å². The number of benzene rings is 3. The molecule has 3 aromatic carbocycles. The van der Waals surface area contributed by atoms with Crippen molar-refractivity contribution in [1.82, 2.24) is 39.8 Å². The van der Waals surface area contributed by atoms with E-state index in [0.717, 1.165) is 68.0 Å². The van der Waals surface area contributed by atoms with Crippen molar-refractivity contribution in [3.05, 3.63) is 135 Å². The largest absolute Gasteiger partial charge is 0.391 e. The van der Waals surface area contributed by atoms with Crippen LogP contribution >= 0.6 is 22.7 Å². The van der Waals surface area contributed by atoms with E-state index >= 15 is 0 Å². The van der Waals surface area contributed by atoms with E-state index in [9.17, 15) is 42.8 Å². The van der Waals surface area contributed by atoms with E-state index in [1.165, 1.54) is 35.5 Å². The lowest BCUT2D eigenvalue weighted by Crippen LogP contribution is -2.57. The lowest BCUT2D eigenvalue weighted by Gasteiger charge is -2.57. The maximum Gasteiger partial charge on any atom is 0.284 e. The van der Waals surface area contributed by atoms with E-state index in [4.69, 9.17) is 4.98 Å². The molecule has 4 aliphatic carbocycles. The Kier molecular flexibility index (Phi) is 18.9. The third kappa shape index (κ3) is 14.3. The van der Waals surface area contributed by atoms with Crippen molar-refractivity contribution in [2.45, 2.75) is 169 Å². The highest BCUT2D eigenvalue weighted by Gasteiger charge is 2.51. The number of fused-ring (bicyclic) bond motifs is 2. The molecular formula is C71H83N11O8S3. The van der Waals surface area contributed by atoms with Gasteiger partial charge in [-0.3, -0.25) is 29.3 Å². The smallest absolute Gasteiger partial charge is 0.284 e. The number of likely N-dealkylation sites (tertiary alicyclic amines) is 1. The molecule has 1 saturated heterocycles. The number of rotatable bonds is 22. The van der Waals surface area contributed by atoms with Crippen molar-refractivity contribution < 1.29 is 37.5 Å². The van der Waals surface area contributed by atoms with Crippen LogP contribution in [0.25, 0.3) is 31.8 Å². The van der Waals surface area contributed by atoms with Crippen LogP contribution in [0, 0.1) is 53.8 Å². The van der Waals surface area contributed by atoms with Gasteiger partial charge in [0.15, 0.2) is 5.13 Å². The number of sulfonamides is 1. The summed E-state index contributed by atoms with van der Waals surface area (Å²) >= 11 is 2.96. The van der Waals surface area contributed by atoms with Crippen molar-refractivity contribution in [3.63, 3.8) is 0 Å². The fourth-order valence-electron chi connectivity index (χ4n) is 15.7. The third-order valence-electron chi connectivity index (χ3n) is 20.0. The van der Waals surface area contributed by atoms with Gasteiger partial charge in [0, 0.05) is 61.4 Å². The number of aliphatic hydroxyl groups is 1. The maximum absolute atomic E-state index is 14.7. The Morgan fingerprint density at radius 2 is 1.56 bits per heavy atom.